The quantitative estimate of drug-likeness (QED) is 0.901. The molecule has 0 saturated carbocycles. The predicted molar refractivity (Wildman–Crippen MR) is 87.9 cm³/mol. The molecule has 128 valence electrons. The molecule has 3 rings (SSSR count). The molecule has 1 aromatic heterocycles. The van der Waals surface area contributed by atoms with Crippen molar-refractivity contribution < 1.29 is 17.6 Å². The highest BCUT2D eigenvalue weighted by Gasteiger charge is 2.35. The van der Waals surface area contributed by atoms with Gasteiger partial charge in [0.05, 0.1) is 28.3 Å². The van der Waals surface area contributed by atoms with Crippen LogP contribution in [0.25, 0.3) is 0 Å². The van der Waals surface area contributed by atoms with Gasteiger partial charge < -0.3 is 5.32 Å². The van der Waals surface area contributed by atoms with Gasteiger partial charge in [0, 0.05) is 5.56 Å². The van der Waals surface area contributed by atoms with E-state index in [2.05, 4.69) is 10.4 Å². The lowest BCUT2D eigenvalue weighted by atomic mass is 10.1. The number of sulfone groups is 1. The lowest BCUT2D eigenvalue weighted by Crippen LogP contribution is -2.28. The van der Waals surface area contributed by atoms with Gasteiger partial charge in [0.1, 0.15) is 11.6 Å². The molecule has 0 bridgehead atoms. The topological polar surface area (TPSA) is 81.1 Å². The van der Waals surface area contributed by atoms with Gasteiger partial charge in [-0.2, -0.15) is 5.10 Å². The number of nitrogens with one attached hydrogen (secondary N) is 1. The lowest BCUT2D eigenvalue weighted by molar-refractivity contribution is 0.102. The molecule has 8 heteroatoms. The number of rotatable bonds is 2. The second-order valence-corrected chi connectivity index (χ2v) is 8.89. The molecular weight excluding hydrogens is 333 g/mol. The maximum Gasteiger partial charge on any atom is 0.259 e. The van der Waals surface area contributed by atoms with Gasteiger partial charge in [0.15, 0.2) is 9.84 Å². The molecule has 0 aliphatic carbocycles. The van der Waals surface area contributed by atoms with E-state index in [0.29, 0.717) is 17.1 Å². The van der Waals surface area contributed by atoms with Crippen molar-refractivity contribution in [2.75, 3.05) is 5.32 Å². The molecule has 0 fully saturated rings. The summed E-state index contributed by atoms with van der Waals surface area (Å²) < 4.78 is 39.1. The van der Waals surface area contributed by atoms with Crippen LogP contribution in [0.1, 0.15) is 42.4 Å². The molecular formula is C16H18FN3O3S. The monoisotopic (exact) mass is 351 g/mol. The summed E-state index contributed by atoms with van der Waals surface area (Å²) in [6, 6.07) is 5.63. The third kappa shape index (κ3) is 2.93. The van der Waals surface area contributed by atoms with Gasteiger partial charge in [0.25, 0.3) is 5.91 Å². The summed E-state index contributed by atoms with van der Waals surface area (Å²) in [7, 11) is -3.26. The van der Waals surface area contributed by atoms with E-state index >= 15 is 0 Å². The zero-order valence-electron chi connectivity index (χ0n) is 13.6. The Morgan fingerprint density at radius 3 is 2.54 bits per heavy atom. The van der Waals surface area contributed by atoms with Crippen LogP contribution in [-0.2, 0) is 26.9 Å². The van der Waals surface area contributed by atoms with Crippen molar-refractivity contribution in [1.82, 2.24) is 9.78 Å². The van der Waals surface area contributed by atoms with Gasteiger partial charge in [0.2, 0.25) is 0 Å². The van der Waals surface area contributed by atoms with Crippen LogP contribution in [0.5, 0.6) is 0 Å². The van der Waals surface area contributed by atoms with Gasteiger partial charge in [-0.05, 0) is 32.9 Å². The summed E-state index contributed by atoms with van der Waals surface area (Å²) >= 11 is 0. The van der Waals surface area contributed by atoms with Gasteiger partial charge >= 0.3 is 0 Å². The van der Waals surface area contributed by atoms with Crippen LogP contribution < -0.4 is 5.32 Å². The molecule has 1 amide bonds. The van der Waals surface area contributed by atoms with Gasteiger partial charge in [-0.1, -0.05) is 12.1 Å². The molecule has 1 N–H and O–H groups in total. The molecule has 0 radical (unpaired) electrons. The number of anilines is 1. The van der Waals surface area contributed by atoms with E-state index in [0.717, 1.165) is 0 Å². The van der Waals surface area contributed by atoms with Crippen LogP contribution in [-0.4, -0.2) is 24.1 Å². The third-order valence-electron chi connectivity index (χ3n) is 3.77. The highest BCUT2D eigenvalue weighted by Crippen LogP contribution is 2.34. The van der Waals surface area contributed by atoms with Crippen LogP contribution in [0.3, 0.4) is 0 Å². The number of aromatic nitrogens is 2. The molecule has 1 aromatic carbocycles. The SMILES string of the molecule is CC(C)(C)n1nc2c(c1NC(=O)c1ccccc1F)CS(=O)(=O)C2. The van der Waals surface area contributed by atoms with E-state index in [1.165, 1.54) is 18.2 Å². The van der Waals surface area contributed by atoms with E-state index in [1.807, 2.05) is 20.8 Å². The molecule has 24 heavy (non-hydrogen) atoms. The summed E-state index contributed by atoms with van der Waals surface area (Å²) in [5, 5.41) is 7.01. The molecule has 2 heterocycles. The fraction of sp³-hybridized carbons (Fsp3) is 0.375. The summed E-state index contributed by atoms with van der Waals surface area (Å²) in [5.41, 5.74) is 0.350. The molecule has 2 aromatic rings. The number of carbonyl (C=O) groups excluding carboxylic acids is 1. The first-order valence-electron chi connectivity index (χ1n) is 7.46. The highest BCUT2D eigenvalue weighted by atomic mass is 32.2. The Labute approximate surface area is 139 Å². The fourth-order valence-electron chi connectivity index (χ4n) is 2.68. The summed E-state index contributed by atoms with van der Waals surface area (Å²) in [6.07, 6.45) is 0. The number of nitrogens with zero attached hydrogens (tertiary/aromatic N) is 2. The van der Waals surface area contributed by atoms with Crippen molar-refractivity contribution in [1.29, 1.82) is 0 Å². The molecule has 1 aliphatic rings. The third-order valence-corrected chi connectivity index (χ3v) is 5.22. The Balaban J connectivity index is 2.04. The highest BCUT2D eigenvalue weighted by molar-refractivity contribution is 7.90. The number of fused-ring (bicyclic) bond motifs is 1. The largest absolute Gasteiger partial charge is 0.306 e. The first kappa shape index (κ1) is 16.6. The van der Waals surface area contributed by atoms with E-state index in [4.69, 9.17) is 0 Å². The molecule has 1 aliphatic heterocycles. The summed E-state index contributed by atoms with van der Waals surface area (Å²) in [4.78, 5) is 12.4. The Kier molecular flexibility index (Phi) is 3.75. The van der Waals surface area contributed by atoms with Crippen molar-refractivity contribution in [3.8, 4) is 0 Å². The van der Waals surface area contributed by atoms with Crippen LogP contribution >= 0.6 is 0 Å². The minimum Gasteiger partial charge on any atom is -0.306 e. The van der Waals surface area contributed by atoms with E-state index < -0.39 is 27.1 Å². The zero-order valence-corrected chi connectivity index (χ0v) is 14.4. The minimum atomic E-state index is -3.26. The maximum absolute atomic E-state index is 13.8. The Morgan fingerprint density at radius 1 is 1.25 bits per heavy atom. The predicted octanol–water partition coefficient (Wildman–Crippen LogP) is 2.46. The first-order valence-corrected chi connectivity index (χ1v) is 9.28. The molecule has 0 atom stereocenters. The van der Waals surface area contributed by atoms with E-state index in [-0.39, 0.29) is 17.1 Å². The van der Waals surface area contributed by atoms with Crippen molar-refractivity contribution >= 4 is 21.6 Å². The number of hydrogen-bond acceptors (Lipinski definition) is 4. The molecule has 0 spiro atoms. The average molecular weight is 351 g/mol. The minimum absolute atomic E-state index is 0.103. The Hall–Kier alpha value is -2.22. The Morgan fingerprint density at radius 2 is 1.92 bits per heavy atom. The van der Waals surface area contributed by atoms with E-state index in [1.54, 1.807) is 10.7 Å². The smallest absolute Gasteiger partial charge is 0.259 e. The molecule has 0 saturated heterocycles. The first-order chi connectivity index (χ1) is 11.1. The fourth-order valence-corrected chi connectivity index (χ4v) is 4.17. The number of benzene rings is 1. The van der Waals surface area contributed by atoms with Crippen LogP contribution in [0.15, 0.2) is 24.3 Å². The van der Waals surface area contributed by atoms with Crippen molar-refractivity contribution in [3.63, 3.8) is 0 Å². The van der Waals surface area contributed by atoms with Gasteiger partial charge in [-0.3, -0.25) is 4.79 Å². The normalized spacial score (nSPS) is 16.0. The van der Waals surface area contributed by atoms with Crippen LogP contribution in [0.4, 0.5) is 10.2 Å². The van der Waals surface area contributed by atoms with Crippen LogP contribution in [0, 0.1) is 5.82 Å². The van der Waals surface area contributed by atoms with Gasteiger partial charge in [-0.15, -0.1) is 0 Å². The second kappa shape index (κ2) is 5.41. The number of hydrogen-bond donors (Lipinski definition) is 1. The average Bonchev–Trinajstić information content (AvgIpc) is 2.92. The number of amides is 1. The van der Waals surface area contributed by atoms with E-state index in [9.17, 15) is 17.6 Å². The standard InChI is InChI=1S/C16H18FN3O3S/c1-16(2,3)20-14(11-8-24(22,23)9-13(11)19-20)18-15(21)10-6-4-5-7-12(10)17/h4-7H,8-9H2,1-3H3,(H,18,21). The van der Waals surface area contributed by atoms with Crippen molar-refractivity contribution in [2.45, 2.75) is 37.8 Å². The maximum atomic E-state index is 13.8. The van der Waals surface area contributed by atoms with Crippen molar-refractivity contribution in [2.24, 2.45) is 0 Å². The summed E-state index contributed by atoms with van der Waals surface area (Å²) in [6.45, 7) is 5.67. The molecule has 0 unspecified atom stereocenters. The zero-order chi connectivity index (χ0) is 17.7. The van der Waals surface area contributed by atoms with Gasteiger partial charge in [-0.25, -0.2) is 17.5 Å². The second-order valence-electron chi connectivity index (χ2n) is 6.82. The number of carbonyl (C=O) groups is 1. The Bertz CT molecular complexity index is 927. The van der Waals surface area contributed by atoms with Crippen molar-refractivity contribution in [3.05, 3.63) is 46.9 Å². The molecule has 6 nitrogen and oxygen atoms in total. The summed E-state index contributed by atoms with van der Waals surface area (Å²) in [5.74, 6) is -1.28. The van der Waals surface area contributed by atoms with Crippen LogP contribution in [0.2, 0.25) is 0 Å². The number of halogens is 1. The lowest BCUT2D eigenvalue weighted by Gasteiger charge is -2.23.